The summed E-state index contributed by atoms with van der Waals surface area (Å²) < 4.78 is 51.2. The summed E-state index contributed by atoms with van der Waals surface area (Å²) in [6.45, 7) is -3.01. The van der Waals surface area contributed by atoms with E-state index >= 15 is 0 Å². The van der Waals surface area contributed by atoms with Gasteiger partial charge in [0, 0.05) is 4.88 Å². The zero-order valence-electron chi connectivity index (χ0n) is 11.5. The molecular formula is C13H12F2N2O4S2. The summed E-state index contributed by atoms with van der Waals surface area (Å²) in [6.07, 6.45) is 0. The molecule has 0 fully saturated rings. The van der Waals surface area contributed by atoms with Crippen LogP contribution in [0.1, 0.15) is 15.2 Å². The maximum absolute atomic E-state index is 12.3. The molecule has 0 aliphatic heterocycles. The van der Waals surface area contributed by atoms with Gasteiger partial charge in [-0.25, -0.2) is 13.6 Å². The SMILES string of the molecule is NS(=O)(=O)c1ccc(CNC(=O)c2ccccc2OC(F)F)s1. The Hall–Kier alpha value is -2.04. The molecule has 2 rings (SSSR count). The highest BCUT2D eigenvalue weighted by Crippen LogP contribution is 2.22. The van der Waals surface area contributed by atoms with Crippen molar-refractivity contribution in [1.82, 2.24) is 5.32 Å². The number of primary sulfonamides is 1. The number of hydrogen-bond donors (Lipinski definition) is 2. The van der Waals surface area contributed by atoms with Gasteiger partial charge in [-0.2, -0.15) is 8.78 Å². The maximum atomic E-state index is 12.3. The summed E-state index contributed by atoms with van der Waals surface area (Å²) in [6, 6.07) is 8.41. The third-order valence-corrected chi connectivity index (χ3v) is 5.21. The Bertz CT molecular complexity index is 806. The molecule has 0 aliphatic carbocycles. The van der Waals surface area contributed by atoms with Crippen LogP contribution in [0.25, 0.3) is 0 Å². The summed E-state index contributed by atoms with van der Waals surface area (Å²) >= 11 is 0.913. The van der Waals surface area contributed by atoms with Gasteiger partial charge in [-0.05, 0) is 24.3 Å². The first-order valence-electron chi connectivity index (χ1n) is 6.21. The number of alkyl halides is 2. The predicted molar refractivity (Wildman–Crippen MR) is 79.9 cm³/mol. The van der Waals surface area contributed by atoms with Crippen molar-refractivity contribution in [3.05, 3.63) is 46.8 Å². The molecule has 10 heteroatoms. The Morgan fingerprint density at radius 2 is 1.96 bits per heavy atom. The van der Waals surface area contributed by atoms with Crippen LogP contribution in [-0.4, -0.2) is 20.9 Å². The molecule has 124 valence electrons. The van der Waals surface area contributed by atoms with Crippen molar-refractivity contribution in [2.75, 3.05) is 0 Å². The number of rotatable bonds is 6. The van der Waals surface area contributed by atoms with E-state index in [1.807, 2.05) is 0 Å². The molecule has 3 N–H and O–H groups in total. The van der Waals surface area contributed by atoms with E-state index in [1.165, 1.54) is 36.4 Å². The molecule has 2 aromatic rings. The van der Waals surface area contributed by atoms with Crippen LogP contribution in [0, 0.1) is 0 Å². The van der Waals surface area contributed by atoms with Crippen molar-refractivity contribution in [3.63, 3.8) is 0 Å². The number of hydrogen-bond acceptors (Lipinski definition) is 5. The molecule has 1 aromatic carbocycles. The first kappa shape index (κ1) is 17.3. The highest BCUT2D eigenvalue weighted by molar-refractivity contribution is 7.91. The lowest BCUT2D eigenvalue weighted by molar-refractivity contribution is -0.0501. The third kappa shape index (κ3) is 4.71. The Kier molecular flexibility index (Phi) is 5.29. The maximum Gasteiger partial charge on any atom is 0.387 e. The lowest BCUT2D eigenvalue weighted by Crippen LogP contribution is -2.23. The smallest absolute Gasteiger partial charge is 0.387 e. The Morgan fingerprint density at radius 1 is 1.26 bits per heavy atom. The molecule has 0 saturated heterocycles. The molecule has 0 spiro atoms. The minimum Gasteiger partial charge on any atom is -0.434 e. The van der Waals surface area contributed by atoms with E-state index in [4.69, 9.17) is 5.14 Å². The number of sulfonamides is 1. The number of carbonyl (C=O) groups is 1. The number of nitrogens with one attached hydrogen (secondary N) is 1. The molecule has 0 atom stereocenters. The quantitative estimate of drug-likeness (QED) is 0.820. The van der Waals surface area contributed by atoms with Gasteiger partial charge >= 0.3 is 6.61 Å². The highest BCUT2D eigenvalue weighted by Gasteiger charge is 2.16. The third-order valence-electron chi connectivity index (χ3n) is 2.69. The van der Waals surface area contributed by atoms with Crippen LogP contribution >= 0.6 is 11.3 Å². The summed E-state index contributed by atoms with van der Waals surface area (Å²) in [5, 5.41) is 7.50. The fourth-order valence-electron chi connectivity index (χ4n) is 1.72. The van der Waals surface area contributed by atoms with Gasteiger partial charge in [0.1, 0.15) is 9.96 Å². The molecule has 0 radical (unpaired) electrons. The fourth-order valence-corrected chi connectivity index (χ4v) is 3.44. The fraction of sp³-hybridized carbons (Fsp3) is 0.154. The van der Waals surface area contributed by atoms with E-state index in [0.717, 1.165) is 11.3 Å². The van der Waals surface area contributed by atoms with Gasteiger partial charge in [-0.15, -0.1) is 11.3 Å². The number of thiophene rings is 1. The second-order valence-electron chi connectivity index (χ2n) is 4.32. The monoisotopic (exact) mass is 362 g/mol. The van der Waals surface area contributed by atoms with Gasteiger partial charge < -0.3 is 10.1 Å². The second-order valence-corrected chi connectivity index (χ2v) is 7.28. The summed E-state index contributed by atoms with van der Waals surface area (Å²) in [5.74, 6) is -0.858. The van der Waals surface area contributed by atoms with Crippen molar-refractivity contribution in [1.29, 1.82) is 0 Å². The summed E-state index contributed by atoms with van der Waals surface area (Å²) in [5.41, 5.74) is -0.0453. The van der Waals surface area contributed by atoms with Crippen molar-refractivity contribution in [2.24, 2.45) is 5.14 Å². The summed E-state index contributed by atoms with van der Waals surface area (Å²) in [4.78, 5) is 12.6. The van der Waals surface area contributed by atoms with Crippen molar-refractivity contribution in [2.45, 2.75) is 17.4 Å². The number of ether oxygens (including phenoxy) is 1. The molecule has 1 aromatic heterocycles. The molecular weight excluding hydrogens is 350 g/mol. The van der Waals surface area contributed by atoms with Crippen LogP contribution in [0.3, 0.4) is 0 Å². The van der Waals surface area contributed by atoms with E-state index < -0.39 is 22.5 Å². The van der Waals surface area contributed by atoms with Crippen LogP contribution in [0.5, 0.6) is 5.75 Å². The highest BCUT2D eigenvalue weighted by atomic mass is 32.2. The van der Waals surface area contributed by atoms with Crippen LogP contribution in [0.15, 0.2) is 40.6 Å². The van der Waals surface area contributed by atoms with Crippen LogP contribution in [0.4, 0.5) is 8.78 Å². The average molecular weight is 362 g/mol. The van der Waals surface area contributed by atoms with Crippen molar-refractivity contribution >= 4 is 27.3 Å². The largest absolute Gasteiger partial charge is 0.434 e. The van der Waals surface area contributed by atoms with E-state index in [0.29, 0.717) is 4.88 Å². The van der Waals surface area contributed by atoms with Crippen LogP contribution in [-0.2, 0) is 16.6 Å². The second kappa shape index (κ2) is 7.02. The van der Waals surface area contributed by atoms with Gasteiger partial charge in [-0.3, -0.25) is 4.79 Å². The number of halogens is 2. The topological polar surface area (TPSA) is 98.5 Å². The first-order chi connectivity index (χ1) is 10.8. The zero-order valence-corrected chi connectivity index (χ0v) is 13.2. The van der Waals surface area contributed by atoms with E-state index in [2.05, 4.69) is 10.1 Å². The molecule has 0 aliphatic rings. The normalized spacial score (nSPS) is 11.5. The van der Waals surface area contributed by atoms with Gasteiger partial charge in [0.05, 0.1) is 12.1 Å². The first-order valence-corrected chi connectivity index (χ1v) is 8.57. The Labute approximate surface area is 134 Å². The van der Waals surface area contributed by atoms with Gasteiger partial charge in [0.15, 0.2) is 0 Å². The molecule has 0 unspecified atom stereocenters. The predicted octanol–water partition coefficient (Wildman–Crippen LogP) is 1.93. The average Bonchev–Trinajstić information content (AvgIpc) is 2.93. The standard InChI is InChI=1S/C13H12F2N2O4S2/c14-13(15)21-10-4-2-1-3-9(10)12(18)17-7-8-5-6-11(22-8)23(16,19)20/h1-6,13H,7H2,(H,17,18)(H2,16,19,20). The van der Waals surface area contributed by atoms with Gasteiger partial charge in [0.25, 0.3) is 5.91 Å². The number of benzene rings is 1. The van der Waals surface area contributed by atoms with E-state index in [-0.39, 0.29) is 22.1 Å². The molecule has 0 bridgehead atoms. The lowest BCUT2D eigenvalue weighted by Gasteiger charge is -2.10. The van der Waals surface area contributed by atoms with Crippen LogP contribution < -0.4 is 15.2 Å². The van der Waals surface area contributed by atoms with Crippen molar-refractivity contribution in [3.8, 4) is 5.75 Å². The summed E-state index contributed by atoms with van der Waals surface area (Å²) in [7, 11) is -3.79. The molecule has 1 amide bonds. The number of carbonyl (C=O) groups excluding carboxylic acids is 1. The number of nitrogens with two attached hydrogens (primary N) is 1. The minimum absolute atomic E-state index is 0.0248. The van der Waals surface area contributed by atoms with Crippen molar-refractivity contribution < 1.29 is 26.7 Å². The zero-order chi connectivity index (χ0) is 17.0. The Morgan fingerprint density at radius 3 is 2.57 bits per heavy atom. The van der Waals surface area contributed by atoms with Gasteiger partial charge in [-0.1, -0.05) is 12.1 Å². The molecule has 6 nitrogen and oxygen atoms in total. The van der Waals surface area contributed by atoms with Crippen LogP contribution in [0.2, 0.25) is 0 Å². The molecule has 1 heterocycles. The molecule has 0 saturated carbocycles. The lowest BCUT2D eigenvalue weighted by atomic mass is 10.2. The number of para-hydroxylation sites is 1. The minimum atomic E-state index is -3.79. The van der Waals surface area contributed by atoms with Gasteiger partial charge in [0.2, 0.25) is 10.0 Å². The Balaban J connectivity index is 2.07. The van der Waals surface area contributed by atoms with E-state index in [9.17, 15) is 22.0 Å². The van der Waals surface area contributed by atoms with E-state index in [1.54, 1.807) is 0 Å². The molecule has 23 heavy (non-hydrogen) atoms. The number of amides is 1.